The summed E-state index contributed by atoms with van der Waals surface area (Å²) in [5, 5.41) is 0. The van der Waals surface area contributed by atoms with E-state index in [1.54, 1.807) is 55.5 Å². The van der Waals surface area contributed by atoms with Gasteiger partial charge in [-0.15, -0.1) is 0 Å². The molecule has 0 radical (unpaired) electrons. The van der Waals surface area contributed by atoms with E-state index in [4.69, 9.17) is 0 Å². The second-order valence-corrected chi connectivity index (χ2v) is 5.54. The highest BCUT2D eigenvalue weighted by atomic mass is 19.4. The van der Waals surface area contributed by atoms with E-state index in [2.05, 4.69) is 0 Å². The Kier molecular flexibility index (Phi) is 2.94. The maximum Gasteiger partial charge on any atom is 0.390 e. The van der Waals surface area contributed by atoms with Crippen LogP contribution < -0.4 is 0 Å². The Morgan fingerprint density at radius 1 is 0.905 bits per heavy atom. The van der Waals surface area contributed by atoms with Crippen molar-refractivity contribution in [3.8, 4) is 0 Å². The Morgan fingerprint density at radius 2 is 1.33 bits per heavy atom. The minimum atomic E-state index is -4.31. The standard InChI is InChI=1S/C17H13F3O/c1-16(10-17(18,19)20)13-8-4-2-6-11(13)15(21)12-7-3-5-9-14(12)16/h2-9H,10H2,1H3. The van der Waals surface area contributed by atoms with E-state index in [9.17, 15) is 18.0 Å². The normalized spacial score (nSPS) is 16.3. The van der Waals surface area contributed by atoms with Gasteiger partial charge < -0.3 is 0 Å². The average Bonchev–Trinajstić information content (AvgIpc) is 2.44. The topological polar surface area (TPSA) is 17.1 Å². The summed E-state index contributed by atoms with van der Waals surface area (Å²) in [5.41, 5.74) is 0.391. The van der Waals surface area contributed by atoms with E-state index in [1.165, 1.54) is 0 Å². The van der Waals surface area contributed by atoms with E-state index >= 15 is 0 Å². The SMILES string of the molecule is CC1(CC(F)(F)F)c2ccccc2C(=O)c2ccccc21. The van der Waals surface area contributed by atoms with Crippen molar-refractivity contribution in [1.82, 2.24) is 0 Å². The number of hydrogen-bond acceptors (Lipinski definition) is 1. The van der Waals surface area contributed by atoms with Gasteiger partial charge in [-0.3, -0.25) is 4.79 Å². The first kappa shape index (κ1) is 13.9. The lowest BCUT2D eigenvalue weighted by molar-refractivity contribution is -0.144. The molecule has 0 bridgehead atoms. The fraction of sp³-hybridized carbons (Fsp3) is 0.235. The number of hydrogen-bond donors (Lipinski definition) is 0. The van der Waals surface area contributed by atoms with Crippen molar-refractivity contribution in [3.63, 3.8) is 0 Å². The minimum absolute atomic E-state index is 0.208. The summed E-state index contributed by atoms with van der Waals surface area (Å²) in [6, 6.07) is 13.1. The highest BCUT2D eigenvalue weighted by Gasteiger charge is 2.46. The molecule has 0 spiro atoms. The zero-order chi connectivity index (χ0) is 15.3. The van der Waals surface area contributed by atoms with Crippen molar-refractivity contribution in [1.29, 1.82) is 0 Å². The molecule has 1 aliphatic rings. The molecule has 21 heavy (non-hydrogen) atoms. The number of benzene rings is 2. The van der Waals surface area contributed by atoms with Gasteiger partial charge in [0.15, 0.2) is 5.78 Å². The molecular weight excluding hydrogens is 277 g/mol. The smallest absolute Gasteiger partial charge is 0.289 e. The van der Waals surface area contributed by atoms with Crippen LogP contribution in [-0.2, 0) is 5.41 Å². The van der Waals surface area contributed by atoms with Crippen molar-refractivity contribution in [2.75, 3.05) is 0 Å². The van der Waals surface area contributed by atoms with Gasteiger partial charge in [-0.25, -0.2) is 0 Å². The molecule has 0 saturated carbocycles. The van der Waals surface area contributed by atoms with Gasteiger partial charge in [0.05, 0.1) is 6.42 Å². The first-order valence-corrected chi connectivity index (χ1v) is 6.63. The van der Waals surface area contributed by atoms with Gasteiger partial charge in [0.2, 0.25) is 0 Å². The van der Waals surface area contributed by atoms with Gasteiger partial charge in [0, 0.05) is 16.5 Å². The van der Waals surface area contributed by atoms with Crippen LogP contribution in [0.2, 0.25) is 0 Å². The van der Waals surface area contributed by atoms with E-state index in [0.717, 1.165) is 0 Å². The van der Waals surface area contributed by atoms with Crippen LogP contribution in [0.25, 0.3) is 0 Å². The number of halogens is 3. The maximum atomic E-state index is 13.1. The molecule has 3 rings (SSSR count). The summed E-state index contributed by atoms with van der Waals surface area (Å²) in [6.07, 6.45) is -5.29. The van der Waals surface area contributed by atoms with Crippen LogP contribution in [0, 0.1) is 0 Å². The summed E-state index contributed by atoms with van der Waals surface area (Å²) < 4.78 is 39.3. The van der Waals surface area contributed by atoms with Crippen LogP contribution in [0.1, 0.15) is 40.4 Å². The molecule has 0 amide bonds. The maximum absolute atomic E-state index is 13.1. The molecule has 1 aliphatic carbocycles. The van der Waals surface area contributed by atoms with E-state index in [0.29, 0.717) is 22.3 Å². The van der Waals surface area contributed by atoms with Crippen LogP contribution in [0.3, 0.4) is 0 Å². The number of carbonyl (C=O) groups is 1. The Morgan fingerprint density at radius 3 is 1.76 bits per heavy atom. The quantitative estimate of drug-likeness (QED) is 0.756. The zero-order valence-corrected chi connectivity index (χ0v) is 11.4. The molecule has 0 heterocycles. The van der Waals surface area contributed by atoms with Gasteiger partial charge in [0.25, 0.3) is 0 Å². The second-order valence-electron chi connectivity index (χ2n) is 5.54. The third-order valence-corrected chi connectivity index (χ3v) is 4.09. The van der Waals surface area contributed by atoms with Gasteiger partial charge in [0.1, 0.15) is 0 Å². The monoisotopic (exact) mass is 290 g/mol. The van der Waals surface area contributed by atoms with Gasteiger partial charge in [-0.1, -0.05) is 55.5 Å². The largest absolute Gasteiger partial charge is 0.390 e. The van der Waals surface area contributed by atoms with E-state index < -0.39 is 18.0 Å². The van der Waals surface area contributed by atoms with E-state index in [-0.39, 0.29) is 5.78 Å². The third-order valence-electron chi connectivity index (χ3n) is 4.09. The van der Waals surface area contributed by atoms with Crippen molar-refractivity contribution in [3.05, 3.63) is 70.8 Å². The van der Waals surface area contributed by atoms with Crippen LogP contribution in [-0.4, -0.2) is 12.0 Å². The zero-order valence-electron chi connectivity index (χ0n) is 11.4. The van der Waals surface area contributed by atoms with Crippen molar-refractivity contribution >= 4 is 5.78 Å². The first-order valence-electron chi connectivity index (χ1n) is 6.63. The van der Waals surface area contributed by atoms with Crippen molar-refractivity contribution in [2.45, 2.75) is 24.9 Å². The highest BCUT2D eigenvalue weighted by Crippen LogP contribution is 2.47. The molecule has 0 atom stereocenters. The number of rotatable bonds is 1. The fourth-order valence-electron chi connectivity index (χ4n) is 3.21. The first-order chi connectivity index (χ1) is 9.83. The van der Waals surface area contributed by atoms with Crippen molar-refractivity contribution < 1.29 is 18.0 Å². The molecule has 2 aromatic carbocycles. The minimum Gasteiger partial charge on any atom is -0.289 e. The van der Waals surface area contributed by atoms with Crippen LogP contribution >= 0.6 is 0 Å². The number of fused-ring (bicyclic) bond motifs is 2. The molecule has 0 fully saturated rings. The number of alkyl halides is 3. The Labute approximate surface area is 120 Å². The predicted octanol–water partition coefficient (Wildman–Crippen LogP) is 4.49. The molecule has 0 saturated heterocycles. The van der Waals surface area contributed by atoms with Crippen molar-refractivity contribution in [2.24, 2.45) is 0 Å². The lowest BCUT2D eigenvalue weighted by Crippen LogP contribution is -2.37. The van der Waals surface area contributed by atoms with Gasteiger partial charge in [-0.05, 0) is 11.1 Å². The van der Waals surface area contributed by atoms with Crippen LogP contribution in [0.5, 0.6) is 0 Å². The molecule has 1 nitrogen and oxygen atoms in total. The average molecular weight is 290 g/mol. The fourth-order valence-corrected chi connectivity index (χ4v) is 3.21. The van der Waals surface area contributed by atoms with E-state index in [1.807, 2.05) is 0 Å². The number of ketones is 1. The summed E-state index contributed by atoms with van der Waals surface area (Å²) in [7, 11) is 0. The summed E-state index contributed by atoms with van der Waals surface area (Å²) in [6.45, 7) is 1.56. The predicted molar refractivity (Wildman–Crippen MR) is 73.4 cm³/mol. The van der Waals surface area contributed by atoms with Gasteiger partial charge >= 0.3 is 6.18 Å². The molecule has 0 aliphatic heterocycles. The molecule has 0 unspecified atom stereocenters. The Hall–Kier alpha value is -2.10. The molecule has 0 aromatic heterocycles. The molecule has 108 valence electrons. The van der Waals surface area contributed by atoms with Crippen LogP contribution in [0.4, 0.5) is 13.2 Å². The second kappa shape index (κ2) is 4.45. The van der Waals surface area contributed by atoms with Gasteiger partial charge in [-0.2, -0.15) is 13.2 Å². The summed E-state index contributed by atoms with van der Waals surface area (Å²) in [4.78, 5) is 12.5. The summed E-state index contributed by atoms with van der Waals surface area (Å²) in [5.74, 6) is -0.208. The third kappa shape index (κ3) is 2.15. The lowest BCUT2D eigenvalue weighted by Gasteiger charge is -2.37. The molecule has 0 N–H and O–H groups in total. The Bertz CT molecular complexity index is 666. The van der Waals surface area contributed by atoms with Crippen LogP contribution in [0.15, 0.2) is 48.5 Å². The Balaban J connectivity index is 2.30. The highest BCUT2D eigenvalue weighted by molar-refractivity contribution is 6.13. The lowest BCUT2D eigenvalue weighted by atomic mass is 9.65. The molecule has 2 aromatic rings. The molecular formula is C17H13F3O. The molecule has 4 heteroatoms. The number of carbonyl (C=O) groups excluding carboxylic acids is 1. The summed E-state index contributed by atoms with van der Waals surface area (Å²) >= 11 is 0.